The van der Waals surface area contributed by atoms with Crippen molar-refractivity contribution < 1.29 is 4.52 Å². The van der Waals surface area contributed by atoms with E-state index in [0.717, 1.165) is 36.9 Å². The third-order valence-electron chi connectivity index (χ3n) is 4.45. The molecule has 0 N–H and O–H groups in total. The van der Waals surface area contributed by atoms with E-state index in [1.807, 2.05) is 35.8 Å². The lowest BCUT2D eigenvalue weighted by atomic mass is 10.2. The third kappa shape index (κ3) is 3.53. The van der Waals surface area contributed by atoms with Gasteiger partial charge in [-0.25, -0.2) is 4.98 Å². The average Bonchev–Trinajstić information content (AvgIpc) is 3.34. The van der Waals surface area contributed by atoms with Gasteiger partial charge in [0, 0.05) is 48.3 Å². The molecule has 2 aromatic heterocycles. The summed E-state index contributed by atoms with van der Waals surface area (Å²) >= 11 is 7.61. The first-order chi connectivity index (χ1) is 12.2. The van der Waals surface area contributed by atoms with E-state index in [-0.39, 0.29) is 6.04 Å². The van der Waals surface area contributed by atoms with E-state index in [4.69, 9.17) is 16.1 Å². The molecular formula is C17H18ClN5OS. The van der Waals surface area contributed by atoms with Gasteiger partial charge in [-0.05, 0) is 31.2 Å². The summed E-state index contributed by atoms with van der Waals surface area (Å²) in [6, 6.07) is 7.54. The lowest BCUT2D eigenvalue weighted by Gasteiger charge is -2.36. The van der Waals surface area contributed by atoms with Crippen molar-refractivity contribution >= 4 is 28.1 Å². The highest BCUT2D eigenvalue weighted by Gasteiger charge is 2.26. The number of rotatable bonds is 4. The molecule has 0 amide bonds. The molecule has 0 spiro atoms. The van der Waals surface area contributed by atoms with Crippen LogP contribution in [0, 0.1) is 0 Å². The van der Waals surface area contributed by atoms with E-state index < -0.39 is 0 Å². The highest BCUT2D eigenvalue weighted by molar-refractivity contribution is 7.13. The number of anilines is 1. The van der Waals surface area contributed by atoms with Crippen molar-refractivity contribution in [1.82, 2.24) is 20.0 Å². The maximum Gasteiger partial charge on any atom is 0.244 e. The Labute approximate surface area is 155 Å². The van der Waals surface area contributed by atoms with Crippen molar-refractivity contribution in [2.45, 2.75) is 13.0 Å². The highest BCUT2D eigenvalue weighted by atomic mass is 35.5. The van der Waals surface area contributed by atoms with Crippen LogP contribution in [0.1, 0.15) is 18.9 Å². The molecule has 1 aliphatic heterocycles. The molecule has 1 saturated heterocycles. The normalized spacial score (nSPS) is 17.0. The number of benzene rings is 1. The Morgan fingerprint density at radius 1 is 1.16 bits per heavy atom. The van der Waals surface area contributed by atoms with E-state index in [9.17, 15) is 0 Å². The van der Waals surface area contributed by atoms with Crippen molar-refractivity contribution in [1.29, 1.82) is 0 Å². The monoisotopic (exact) mass is 375 g/mol. The van der Waals surface area contributed by atoms with E-state index in [0.29, 0.717) is 16.7 Å². The molecule has 0 bridgehead atoms. The van der Waals surface area contributed by atoms with Gasteiger partial charge in [-0.2, -0.15) is 4.98 Å². The minimum absolute atomic E-state index is 0.0898. The van der Waals surface area contributed by atoms with Gasteiger partial charge < -0.3 is 9.42 Å². The van der Waals surface area contributed by atoms with E-state index in [1.165, 1.54) is 0 Å². The third-order valence-corrected chi connectivity index (χ3v) is 5.54. The summed E-state index contributed by atoms with van der Waals surface area (Å²) in [6.07, 6.45) is 1.85. The van der Waals surface area contributed by atoms with Crippen LogP contribution in [0.2, 0.25) is 5.02 Å². The molecule has 1 fully saturated rings. The van der Waals surface area contributed by atoms with Crippen LogP contribution in [-0.2, 0) is 0 Å². The van der Waals surface area contributed by atoms with Gasteiger partial charge in [0.25, 0.3) is 0 Å². The van der Waals surface area contributed by atoms with E-state index in [2.05, 4.69) is 31.8 Å². The van der Waals surface area contributed by atoms with Crippen LogP contribution in [-0.4, -0.2) is 46.2 Å². The molecule has 6 nitrogen and oxygen atoms in total. The summed E-state index contributed by atoms with van der Waals surface area (Å²) in [5, 5.41) is 7.91. The van der Waals surface area contributed by atoms with Gasteiger partial charge in [0.2, 0.25) is 11.7 Å². The van der Waals surface area contributed by atoms with Crippen LogP contribution in [0.3, 0.4) is 0 Å². The number of aromatic nitrogens is 3. The van der Waals surface area contributed by atoms with Gasteiger partial charge in [0.15, 0.2) is 5.13 Å². The number of hydrogen-bond acceptors (Lipinski definition) is 7. The van der Waals surface area contributed by atoms with Crippen molar-refractivity contribution in [3.8, 4) is 11.4 Å². The predicted molar refractivity (Wildman–Crippen MR) is 99.1 cm³/mol. The molecule has 1 unspecified atom stereocenters. The molecule has 1 aliphatic rings. The minimum Gasteiger partial charge on any atom is -0.346 e. The van der Waals surface area contributed by atoms with Crippen molar-refractivity contribution in [3.63, 3.8) is 0 Å². The standard InChI is InChI=1S/C17H18ClN5OS/c1-12(22-7-9-23(10-8-22)17-19-6-11-25-17)16-20-15(21-24-16)13-2-4-14(18)5-3-13/h2-6,11-12H,7-10H2,1H3. The Kier molecular flexibility index (Phi) is 4.70. The topological polar surface area (TPSA) is 58.3 Å². The van der Waals surface area contributed by atoms with Crippen LogP contribution in [0.25, 0.3) is 11.4 Å². The second-order valence-electron chi connectivity index (χ2n) is 5.98. The molecule has 8 heteroatoms. The Hall–Kier alpha value is -1.96. The van der Waals surface area contributed by atoms with Gasteiger partial charge in [-0.3, -0.25) is 4.90 Å². The Morgan fingerprint density at radius 3 is 2.60 bits per heavy atom. The van der Waals surface area contributed by atoms with E-state index in [1.54, 1.807) is 11.3 Å². The largest absolute Gasteiger partial charge is 0.346 e. The maximum absolute atomic E-state index is 5.93. The molecule has 0 radical (unpaired) electrons. The molecule has 0 saturated carbocycles. The molecule has 1 aromatic carbocycles. The van der Waals surface area contributed by atoms with Crippen LogP contribution < -0.4 is 4.90 Å². The first kappa shape index (κ1) is 16.5. The first-order valence-electron chi connectivity index (χ1n) is 8.19. The molecule has 3 heterocycles. The van der Waals surface area contributed by atoms with Crippen LogP contribution in [0.15, 0.2) is 40.4 Å². The molecule has 3 aromatic rings. The number of piperazine rings is 1. The van der Waals surface area contributed by atoms with Gasteiger partial charge >= 0.3 is 0 Å². The molecule has 130 valence electrons. The fourth-order valence-electron chi connectivity index (χ4n) is 2.95. The number of nitrogens with zero attached hydrogens (tertiary/aromatic N) is 5. The number of thiazole rings is 1. The second kappa shape index (κ2) is 7.11. The van der Waals surface area contributed by atoms with Gasteiger partial charge in [-0.15, -0.1) is 11.3 Å². The molecular weight excluding hydrogens is 358 g/mol. The summed E-state index contributed by atoms with van der Waals surface area (Å²) < 4.78 is 5.50. The van der Waals surface area contributed by atoms with Crippen molar-refractivity contribution in [2.24, 2.45) is 0 Å². The minimum atomic E-state index is 0.0898. The maximum atomic E-state index is 5.93. The zero-order chi connectivity index (χ0) is 17.2. The van der Waals surface area contributed by atoms with Crippen LogP contribution in [0.5, 0.6) is 0 Å². The van der Waals surface area contributed by atoms with Crippen LogP contribution >= 0.6 is 22.9 Å². The Balaban J connectivity index is 1.42. The van der Waals surface area contributed by atoms with Gasteiger partial charge in [-0.1, -0.05) is 16.8 Å². The fourth-order valence-corrected chi connectivity index (χ4v) is 3.77. The summed E-state index contributed by atoms with van der Waals surface area (Å²) in [6.45, 7) is 5.91. The number of hydrogen-bond donors (Lipinski definition) is 0. The van der Waals surface area contributed by atoms with Crippen LogP contribution in [0.4, 0.5) is 5.13 Å². The predicted octanol–water partition coefficient (Wildman–Crippen LogP) is 3.73. The SMILES string of the molecule is CC(c1nc(-c2ccc(Cl)cc2)no1)N1CCN(c2nccs2)CC1. The lowest BCUT2D eigenvalue weighted by molar-refractivity contribution is 0.164. The summed E-state index contributed by atoms with van der Waals surface area (Å²) in [5.74, 6) is 1.24. The van der Waals surface area contributed by atoms with Crippen molar-refractivity contribution in [2.75, 3.05) is 31.1 Å². The van der Waals surface area contributed by atoms with Gasteiger partial charge in [0.1, 0.15) is 0 Å². The molecule has 1 atom stereocenters. The Bertz CT molecular complexity index is 812. The highest BCUT2D eigenvalue weighted by Crippen LogP contribution is 2.26. The van der Waals surface area contributed by atoms with Gasteiger partial charge in [0.05, 0.1) is 6.04 Å². The summed E-state index contributed by atoms with van der Waals surface area (Å²) in [7, 11) is 0. The smallest absolute Gasteiger partial charge is 0.244 e. The Morgan fingerprint density at radius 2 is 1.92 bits per heavy atom. The lowest BCUT2D eigenvalue weighted by Crippen LogP contribution is -2.47. The first-order valence-corrected chi connectivity index (χ1v) is 9.44. The second-order valence-corrected chi connectivity index (χ2v) is 7.29. The molecule has 25 heavy (non-hydrogen) atoms. The molecule has 0 aliphatic carbocycles. The van der Waals surface area contributed by atoms with E-state index >= 15 is 0 Å². The zero-order valence-corrected chi connectivity index (χ0v) is 15.4. The average molecular weight is 376 g/mol. The quantitative estimate of drug-likeness (QED) is 0.692. The van der Waals surface area contributed by atoms with Crippen molar-refractivity contribution in [3.05, 3.63) is 46.8 Å². The molecule has 4 rings (SSSR count). The number of halogens is 1. The fraction of sp³-hybridized carbons (Fsp3) is 0.353. The summed E-state index contributed by atoms with van der Waals surface area (Å²) in [5.41, 5.74) is 0.903. The zero-order valence-electron chi connectivity index (χ0n) is 13.8. The summed E-state index contributed by atoms with van der Waals surface area (Å²) in [4.78, 5) is 13.6.